The van der Waals surface area contributed by atoms with Crippen LogP contribution in [0.15, 0.2) is 34.2 Å². The molecule has 0 spiro atoms. The third kappa shape index (κ3) is 5.24. The third-order valence-corrected chi connectivity index (χ3v) is 4.69. The largest absolute Gasteiger partial charge is 0.495 e. The van der Waals surface area contributed by atoms with Gasteiger partial charge in [0.15, 0.2) is 5.16 Å². The number of H-pyrrole nitrogens is 1. The van der Waals surface area contributed by atoms with Gasteiger partial charge in [-0.1, -0.05) is 37.2 Å². The highest BCUT2D eigenvalue weighted by Gasteiger charge is 2.17. The molecule has 0 saturated heterocycles. The number of anilines is 1. The molecule has 1 unspecified atom stereocenters. The molecule has 0 fully saturated rings. The fraction of sp³-hybridized carbons (Fsp3) is 0.353. The van der Waals surface area contributed by atoms with Crippen LogP contribution in [0.3, 0.4) is 0 Å². The molecule has 1 atom stereocenters. The summed E-state index contributed by atoms with van der Waals surface area (Å²) in [5.41, 5.74) is 1.04. The summed E-state index contributed by atoms with van der Waals surface area (Å²) in [5.74, 6) is 0.449. The standard InChI is InChI=1S/C17H20ClN3O3S/c1-9(2)13-8-15(22)21-17(20-13)25-10(3)16(23)19-11-5-6-14(24-4)12(18)7-11/h5-10H,1-4H3,(H,19,23)(H,20,21,22). The van der Waals surface area contributed by atoms with Crippen molar-refractivity contribution in [3.05, 3.63) is 45.3 Å². The van der Waals surface area contributed by atoms with Gasteiger partial charge < -0.3 is 15.0 Å². The average molecular weight is 382 g/mol. The molecule has 0 aliphatic rings. The summed E-state index contributed by atoms with van der Waals surface area (Å²) in [7, 11) is 1.53. The Labute approximate surface area is 155 Å². The lowest BCUT2D eigenvalue weighted by Gasteiger charge is -2.13. The van der Waals surface area contributed by atoms with E-state index in [4.69, 9.17) is 16.3 Å². The second-order valence-electron chi connectivity index (χ2n) is 5.73. The predicted octanol–water partition coefficient (Wildman–Crippen LogP) is 3.67. The number of nitrogens with one attached hydrogen (secondary N) is 2. The molecule has 6 nitrogen and oxygen atoms in total. The van der Waals surface area contributed by atoms with E-state index in [0.29, 0.717) is 27.3 Å². The number of carbonyl (C=O) groups excluding carboxylic acids is 1. The van der Waals surface area contributed by atoms with Crippen molar-refractivity contribution in [1.29, 1.82) is 0 Å². The van der Waals surface area contributed by atoms with Crippen molar-refractivity contribution >= 4 is 35.0 Å². The number of ether oxygens (including phenoxy) is 1. The number of thioether (sulfide) groups is 1. The monoisotopic (exact) mass is 381 g/mol. The Morgan fingerprint density at radius 1 is 1.32 bits per heavy atom. The van der Waals surface area contributed by atoms with E-state index in [1.807, 2.05) is 13.8 Å². The number of methoxy groups -OCH3 is 1. The first-order valence-electron chi connectivity index (χ1n) is 7.72. The lowest BCUT2D eigenvalue weighted by atomic mass is 10.1. The van der Waals surface area contributed by atoms with Crippen molar-refractivity contribution in [1.82, 2.24) is 9.97 Å². The van der Waals surface area contributed by atoms with Crippen molar-refractivity contribution in [2.24, 2.45) is 0 Å². The summed E-state index contributed by atoms with van der Waals surface area (Å²) in [6.45, 7) is 5.66. The van der Waals surface area contributed by atoms with Crippen LogP contribution in [-0.2, 0) is 4.79 Å². The number of hydrogen-bond acceptors (Lipinski definition) is 5. The van der Waals surface area contributed by atoms with Crippen molar-refractivity contribution in [2.75, 3.05) is 12.4 Å². The highest BCUT2D eigenvalue weighted by molar-refractivity contribution is 8.00. The fourth-order valence-electron chi connectivity index (χ4n) is 2.01. The SMILES string of the molecule is COc1ccc(NC(=O)C(C)Sc2nc(C(C)C)cc(=O)[nH]2)cc1Cl. The molecule has 0 radical (unpaired) electrons. The zero-order chi connectivity index (χ0) is 18.6. The van der Waals surface area contributed by atoms with Gasteiger partial charge in [0.05, 0.1) is 23.1 Å². The minimum absolute atomic E-state index is 0.132. The summed E-state index contributed by atoms with van der Waals surface area (Å²) in [6, 6.07) is 6.48. The van der Waals surface area contributed by atoms with Gasteiger partial charge in [0.25, 0.3) is 5.56 Å². The van der Waals surface area contributed by atoms with Crippen molar-refractivity contribution in [3.8, 4) is 5.75 Å². The highest BCUT2D eigenvalue weighted by Crippen LogP contribution is 2.28. The number of nitrogens with zero attached hydrogens (tertiary/aromatic N) is 1. The molecule has 1 heterocycles. The molecule has 2 N–H and O–H groups in total. The Hall–Kier alpha value is -1.99. The van der Waals surface area contributed by atoms with E-state index in [0.717, 1.165) is 0 Å². The van der Waals surface area contributed by atoms with Gasteiger partial charge in [0.1, 0.15) is 5.75 Å². The second-order valence-corrected chi connectivity index (χ2v) is 7.47. The molecule has 1 aromatic carbocycles. The highest BCUT2D eigenvalue weighted by atomic mass is 35.5. The van der Waals surface area contributed by atoms with Gasteiger partial charge >= 0.3 is 0 Å². The number of hydrogen-bond donors (Lipinski definition) is 2. The molecular weight excluding hydrogens is 362 g/mol. The van der Waals surface area contributed by atoms with Crippen LogP contribution in [0.2, 0.25) is 5.02 Å². The normalized spacial score (nSPS) is 12.1. The van der Waals surface area contributed by atoms with Gasteiger partial charge in [-0.15, -0.1) is 0 Å². The van der Waals surface area contributed by atoms with Gasteiger partial charge in [-0.2, -0.15) is 0 Å². The van der Waals surface area contributed by atoms with Gasteiger partial charge in [-0.3, -0.25) is 9.59 Å². The zero-order valence-electron chi connectivity index (χ0n) is 14.4. The van der Waals surface area contributed by atoms with Crippen LogP contribution in [0.4, 0.5) is 5.69 Å². The fourth-order valence-corrected chi connectivity index (χ4v) is 3.09. The Kier molecular flexibility index (Phi) is 6.50. The second kappa shape index (κ2) is 8.40. The average Bonchev–Trinajstić information content (AvgIpc) is 2.54. The van der Waals surface area contributed by atoms with Crippen LogP contribution in [0, 0.1) is 0 Å². The summed E-state index contributed by atoms with van der Waals surface area (Å²) < 4.78 is 5.08. The molecule has 0 aliphatic carbocycles. The molecule has 2 aromatic rings. The molecule has 1 amide bonds. The minimum atomic E-state index is -0.452. The Bertz CT molecular complexity index is 823. The molecule has 1 aromatic heterocycles. The van der Waals surface area contributed by atoms with E-state index in [1.54, 1.807) is 25.1 Å². The number of amides is 1. The number of benzene rings is 1. The molecular formula is C17H20ClN3O3S. The van der Waals surface area contributed by atoms with Gasteiger partial charge in [-0.05, 0) is 31.0 Å². The smallest absolute Gasteiger partial charge is 0.251 e. The minimum Gasteiger partial charge on any atom is -0.495 e. The Balaban J connectivity index is 2.08. The maximum absolute atomic E-state index is 12.4. The predicted molar refractivity (Wildman–Crippen MR) is 101 cm³/mol. The summed E-state index contributed by atoms with van der Waals surface area (Å²) >= 11 is 7.25. The number of carbonyl (C=O) groups is 1. The summed E-state index contributed by atoms with van der Waals surface area (Å²) in [5, 5.41) is 3.17. The third-order valence-electron chi connectivity index (χ3n) is 3.41. The van der Waals surface area contributed by atoms with Crippen molar-refractivity contribution in [2.45, 2.75) is 37.1 Å². The van der Waals surface area contributed by atoms with Crippen LogP contribution < -0.4 is 15.6 Å². The van der Waals surface area contributed by atoms with Crippen LogP contribution in [-0.4, -0.2) is 28.2 Å². The Morgan fingerprint density at radius 3 is 2.64 bits per heavy atom. The van der Waals surface area contributed by atoms with E-state index < -0.39 is 5.25 Å². The molecule has 2 rings (SSSR count). The molecule has 0 saturated carbocycles. The quantitative estimate of drug-likeness (QED) is 0.589. The molecule has 8 heteroatoms. The van der Waals surface area contributed by atoms with E-state index in [-0.39, 0.29) is 17.4 Å². The Morgan fingerprint density at radius 2 is 2.04 bits per heavy atom. The molecule has 0 aliphatic heterocycles. The van der Waals surface area contributed by atoms with E-state index >= 15 is 0 Å². The number of rotatable bonds is 6. The summed E-state index contributed by atoms with van der Waals surface area (Å²) in [4.78, 5) is 31.1. The van der Waals surface area contributed by atoms with Crippen LogP contribution in [0.5, 0.6) is 5.75 Å². The number of aromatic amines is 1. The topological polar surface area (TPSA) is 84.1 Å². The molecule has 25 heavy (non-hydrogen) atoms. The maximum atomic E-state index is 12.4. The van der Waals surface area contributed by atoms with Crippen LogP contribution in [0.1, 0.15) is 32.4 Å². The molecule has 0 bridgehead atoms. The van der Waals surface area contributed by atoms with Gasteiger partial charge in [-0.25, -0.2) is 4.98 Å². The van der Waals surface area contributed by atoms with Crippen LogP contribution >= 0.6 is 23.4 Å². The lowest BCUT2D eigenvalue weighted by molar-refractivity contribution is -0.115. The van der Waals surface area contributed by atoms with E-state index in [2.05, 4.69) is 15.3 Å². The first-order chi connectivity index (χ1) is 11.8. The van der Waals surface area contributed by atoms with Gasteiger partial charge in [0, 0.05) is 11.8 Å². The van der Waals surface area contributed by atoms with Crippen molar-refractivity contribution < 1.29 is 9.53 Å². The van der Waals surface area contributed by atoms with Gasteiger partial charge in [0.2, 0.25) is 5.91 Å². The maximum Gasteiger partial charge on any atom is 0.251 e. The molecule has 134 valence electrons. The van der Waals surface area contributed by atoms with Crippen molar-refractivity contribution in [3.63, 3.8) is 0 Å². The van der Waals surface area contributed by atoms with E-state index in [1.165, 1.54) is 24.9 Å². The summed E-state index contributed by atoms with van der Waals surface area (Å²) in [6.07, 6.45) is 0. The van der Waals surface area contributed by atoms with E-state index in [9.17, 15) is 9.59 Å². The number of halogens is 1. The first kappa shape index (κ1) is 19.3. The zero-order valence-corrected chi connectivity index (χ0v) is 16.0. The van der Waals surface area contributed by atoms with Crippen LogP contribution in [0.25, 0.3) is 0 Å². The number of aromatic nitrogens is 2. The first-order valence-corrected chi connectivity index (χ1v) is 8.98. The lowest BCUT2D eigenvalue weighted by Crippen LogP contribution is -2.23.